The average molecular weight is 464 g/mol. The summed E-state index contributed by atoms with van der Waals surface area (Å²) in [5.41, 5.74) is 5.58. The first-order chi connectivity index (χ1) is 14.4. The van der Waals surface area contributed by atoms with Crippen LogP contribution < -0.4 is 16.6 Å². The van der Waals surface area contributed by atoms with Crippen LogP contribution in [0, 0.1) is 6.92 Å². The van der Waals surface area contributed by atoms with Crippen LogP contribution in [0.3, 0.4) is 0 Å². The first-order valence-corrected chi connectivity index (χ1v) is 10.6. The second-order valence-corrected chi connectivity index (χ2v) is 8.05. The monoisotopic (exact) mass is 463 g/mol. The summed E-state index contributed by atoms with van der Waals surface area (Å²) >= 11 is 13.1. The van der Waals surface area contributed by atoms with E-state index in [0.29, 0.717) is 27.3 Å². The molecule has 0 saturated carbocycles. The second-order valence-electron chi connectivity index (χ2n) is 6.26. The van der Waals surface area contributed by atoms with Crippen molar-refractivity contribution in [3.63, 3.8) is 0 Å². The van der Waals surface area contributed by atoms with Crippen LogP contribution in [0.4, 0.5) is 5.95 Å². The van der Waals surface area contributed by atoms with Gasteiger partial charge in [-0.25, -0.2) is 10.1 Å². The lowest BCUT2D eigenvalue weighted by Gasteiger charge is -2.06. The number of aryl methyl sites for hydroxylation is 1. The Morgan fingerprint density at radius 1 is 1.23 bits per heavy atom. The zero-order valence-electron chi connectivity index (χ0n) is 16.0. The molecule has 0 saturated heterocycles. The van der Waals surface area contributed by atoms with Crippen molar-refractivity contribution in [2.45, 2.75) is 18.6 Å². The molecule has 0 unspecified atom stereocenters. The summed E-state index contributed by atoms with van der Waals surface area (Å²) in [5, 5.41) is 16.2. The van der Waals surface area contributed by atoms with Crippen LogP contribution in [-0.2, 0) is 11.3 Å². The Kier molecular flexibility index (Phi) is 7.56. The highest BCUT2D eigenvalue weighted by Crippen LogP contribution is 2.20. The Bertz CT molecular complexity index is 1050. The Hall–Kier alpha value is -2.75. The lowest BCUT2D eigenvalue weighted by Crippen LogP contribution is -2.25. The molecule has 0 radical (unpaired) electrons. The highest BCUT2D eigenvalue weighted by molar-refractivity contribution is 7.99. The molecular weight excluding hydrogens is 445 g/mol. The molecule has 156 valence electrons. The van der Waals surface area contributed by atoms with Crippen molar-refractivity contribution in [2.75, 3.05) is 17.0 Å². The number of thioether (sulfide) groups is 1. The van der Waals surface area contributed by atoms with Gasteiger partial charge in [0.2, 0.25) is 11.1 Å². The number of benzene rings is 2. The van der Waals surface area contributed by atoms with E-state index in [1.165, 1.54) is 28.2 Å². The highest BCUT2D eigenvalue weighted by Gasteiger charge is 2.12. The third-order valence-electron chi connectivity index (χ3n) is 3.94. The summed E-state index contributed by atoms with van der Waals surface area (Å²) in [6.07, 6.45) is 1.51. The van der Waals surface area contributed by atoms with Crippen molar-refractivity contribution in [3.05, 3.63) is 69.2 Å². The molecule has 0 fully saturated rings. The van der Waals surface area contributed by atoms with Gasteiger partial charge < -0.3 is 11.2 Å². The number of nitrogen functional groups attached to an aromatic ring is 1. The third-order valence-corrected chi connectivity index (χ3v) is 5.44. The Morgan fingerprint density at radius 3 is 2.73 bits per heavy atom. The third kappa shape index (κ3) is 6.12. The van der Waals surface area contributed by atoms with Crippen LogP contribution >= 0.6 is 35.0 Å². The zero-order valence-corrected chi connectivity index (χ0v) is 18.3. The molecule has 0 atom stereocenters. The van der Waals surface area contributed by atoms with Gasteiger partial charge in [0, 0.05) is 17.1 Å². The fraction of sp³-hybridized carbons (Fsp3) is 0.158. The summed E-state index contributed by atoms with van der Waals surface area (Å²) in [4.78, 5) is 12.1. The molecule has 0 aliphatic rings. The maximum atomic E-state index is 12.1. The van der Waals surface area contributed by atoms with Gasteiger partial charge in [-0.3, -0.25) is 4.79 Å². The number of halogens is 2. The minimum absolute atomic E-state index is 0.131. The molecule has 0 spiro atoms. The van der Waals surface area contributed by atoms with Crippen molar-refractivity contribution in [1.82, 2.24) is 20.2 Å². The SMILES string of the molecule is Cc1ccc(CNC(=O)CSc2nnc(N/N=C/c3ccc(Cl)cc3Cl)n2N)cc1. The van der Waals surface area contributed by atoms with Gasteiger partial charge in [-0.05, 0) is 24.6 Å². The summed E-state index contributed by atoms with van der Waals surface area (Å²) < 4.78 is 1.22. The molecule has 11 heteroatoms. The van der Waals surface area contributed by atoms with Gasteiger partial charge in [0.1, 0.15) is 0 Å². The quantitative estimate of drug-likeness (QED) is 0.204. The van der Waals surface area contributed by atoms with Crippen LogP contribution in [0.1, 0.15) is 16.7 Å². The molecule has 0 bridgehead atoms. The van der Waals surface area contributed by atoms with E-state index in [1.807, 2.05) is 31.2 Å². The van der Waals surface area contributed by atoms with Gasteiger partial charge in [0.15, 0.2) is 0 Å². The topological polar surface area (TPSA) is 110 Å². The molecule has 30 heavy (non-hydrogen) atoms. The minimum Gasteiger partial charge on any atom is -0.351 e. The van der Waals surface area contributed by atoms with Gasteiger partial charge in [-0.1, -0.05) is 70.9 Å². The van der Waals surface area contributed by atoms with Crippen molar-refractivity contribution in [1.29, 1.82) is 0 Å². The molecule has 3 rings (SSSR count). The lowest BCUT2D eigenvalue weighted by atomic mass is 10.1. The fourth-order valence-corrected chi connectivity index (χ4v) is 3.45. The van der Waals surface area contributed by atoms with Crippen molar-refractivity contribution in [3.8, 4) is 0 Å². The summed E-state index contributed by atoms with van der Waals surface area (Å²) in [5.74, 6) is 6.20. The number of amides is 1. The van der Waals surface area contributed by atoms with Gasteiger partial charge in [0.05, 0.1) is 17.0 Å². The molecule has 2 aromatic carbocycles. The van der Waals surface area contributed by atoms with Crippen LogP contribution in [0.5, 0.6) is 0 Å². The number of hydrogen-bond acceptors (Lipinski definition) is 7. The first-order valence-electron chi connectivity index (χ1n) is 8.82. The molecule has 8 nitrogen and oxygen atoms in total. The molecule has 4 N–H and O–H groups in total. The smallest absolute Gasteiger partial charge is 0.264 e. The van der Waals surface area contributed by atoms with E-state index >= 15 is 0 Å². The molecule has 1 heterocycles. The number of carbonyl (C=O) groups excluding carboxylic acids is 1. The number of carbonyl (C=O) groups is 1. The maximum Gasteiger partial charge on any atom is 0.264 e. The molecule has 1 aromatic heterocycles. The highest BCUT2D eigenvalue weighted by atomic mass is 35.5. The van der Waals surface area contributed by atoms with Crippen LogP contribution in [0.25, 0.3) is 0 Å². The summed E-state index contributed by atoms with van der Waals surface area (Å²) in [6, 6.07) is 13.0. The molecule has 1 amide bonds. The van der Waals surface area contributed by atoms with E-state index in [-0.39, 0.29) is 17.6 Å². The largest absolute Gasteiger partial charge is 0.351 e. The summed E-state index contributed by atoms with van der Waals surface area (Å²) in [7, 11) is 0. The van der Waals surface area contributed by atoms with Crippen LogP contribution in [0.15, 0.2) is 52.7 Å². The molecule has 3 aromatic rings. The number of nitrogens with one attached hydrogen (secondary N) is 2. The van der Waals surface area contributed by atoms with Crippen LogP contribution in [0.2, 0.25) is 10.0 Å². The maximum absolute atomic E-state index is 12.1. The molecular formula is C19H19Cl2N7OS. The van der Waals surface area contributed by atoms with E-state index < -0.39 is 0 Å². The predicted octanol–water partition coefficient (Wildman–Crippen LogP) is 3.46. The van der Waals surface area contributed by atoms with Gasteiger partial charge >= 0.3 is 0 Å². The predicted molar refractivity (Wildman–Crippen MR) is 122 cm³/mol. The van der Waals surface area contributed by atoms with E-state index in [2.05, 4.69) is 26.0 Å². The van der Waals surface area contributed by atoms with E-state index in [0.717, 1.165) is 5.56 Å². The number of anilines is 1. The van der Waals surface area contributed by atoms with E-state index in [9.17, 15) is 4.79 Å². The standard InChI is InChI=1S/C19H19Cl2N7OS/c1-12-2-4-13(5-3-12)9-23-17(29)11-30-19-27-26-18(28(19)22)25-24-10-14-6-7-15(20)8-16(14)21/h2-8,10H,9,11,22H2,1H3,(H,23,29)(H,25,26)/b24-10+. The first kappa shape index (κ1) is 21.9. The average Bonchev–Trinajstić information content (AvgIpc) is 3.07. The number of rotatable bonds is 8. The number of hydrogen-bond donors (Lipinski definition) is 3. The fourth-order valence-electron chi connectivity index (χ4n) is 2.31. The van der Waals surface area contributed by atoms with E-state index in [1.54, 1.807) is 18.2 Å². The Labute approximate surface area is 187 Å². The van der Waals surface area contributed by atoms with Crippen LogP contribution in [-0.4, -0.2) is 32.7 Å². The van der Waals surface area contributed by atoms with Crippen molar-refractivity contribution in [2.24, 2.45) is 5.10 Å². The van der Waals surface area contributed by atoms with Gasteiger partial charge in [0.25, 0.3) is 5.95 Å². The van der Waals surface area contributed by atoms with Gasteiger partial charge in [-0.15, -0.1) is 10.2 Å². The minimum atomic E-state index is -0.131. The Balaban J connectivity index is 1.49. The number of hydrazone groups is 1. The number of nitrogens with two attached hydrogens (primary N) is 1. The normalized spacial score (nSPS) is 11.0. The summed E-state index contributed by atoms with van der Waals surface area (Å²) in [6.45, 7) is 2.48. The van der Waals surface area contributed by atoms with Gasteiger partial charge in [-0.2, -0.15) is 5.10 Å². The van der Waals surface area contributed by atoms with E-state index in [4.69, 9.17) is 29.0 Å². The number of nitrogens with zero attached hydrogens (tertiary/aromatic N) is 4. The number of aromatic nitrogens is 3. The Morgan fingerprint density at radius 2 is 2.00 bits per heavy atom. The molecule has 0 aliphatic carbocycles. The zero-order chi connectivity index (χ0) is 21.5. The van der Waals surface area contributed by atoms with Crippen molar-refractivity contribution < 1.29 is 4.79 Å². The second kappa shape index (κ2) is 10.3. The molecule has 0 aliphatic heterocycles. The lowest BCUT2D eigenvalue weighted by molar-refractivity contribution is -0.118. The van der Waals surface area contributed by atoms with Crippen molar-refractivity contribution >= 4 is 53.0 Å².